The monoisotopic (exact) mass is 496 g/mol. The van der Waals surface area contributed by atoms with Crippen molar-refractivity contribution in [2.24, 2.45) is 5.73 Å². The van der Waals surface area contributed by atoms with Gasteiger partial charge in [-0.05, 0) is 82.8 Å². The van der Waals surface area contributed by atoms with Gasteiger partial charge >= 0.3 is 0 Å². The van der Waals surface area contributed by atoms with Crippen LogP contribution < -0.4 is 11.1 Å². The van der Waals surface area contributed by atoms with Crippen LogP contribution in [0.4, 0.5) is 0 Å². The number of pyridine rings is 1. The molecular weight excluding hydrogens is 472 g/mol. The molecule has 38 heavy (non-hydrogen) atoms. The molecule has 0 aliphatic rings. The van der Waals surface area contributed by atoms with Gasteiger partial charge in [0.2, 0.25) is 5.91 Å². The van der Waals surface area contributed by atoms with E-state index in [4.69, 9.17) is 5.73 Å². The van der Waals surface area contributed by atoms with E-state index < -0.39 is 5.91 Å². The van der Waals surface area contributed by atoms with Crippen LogP contribution >= 0.6 is 0 Å². The molecule has 0 unspecified atom stereocenters. The van der Waals surface area contributed by atoms with Gasteiger partial charge in [0.25, 0.3) is 5.91 Å². The molecule has 0 radical (unpaired) electrons. The van der Waals surface area contributed by atoms with E-state index in [2.05, 4.69) is 16.4 Å². The van der Waals surface area contributed by atoms with Gasteiger partial charge in [0.15, 0.2) is 0 Å². The highest BCUT2D eigenvalue weighted by atomic mass is 16.2. The Morgan fingerprint density at radius 1 is 0.895 bits per heavy atom. The summed E-state index contributed by atoms with van der Waals surface area (Å²) in [7, 11) is 0. The van der Waals surface area contributed by atoms with Crippen LogP contribution in [-0.4, -0.2) is 16.8 Å². The molecule has 0 fully saturated rings. The Balaban J connectivity index is 1.57. The van der Waals surface area contributed by atoms with Gasteiger partial charge in [-0.1, -0.05) is 48.5 Å². The first-order chi connectivity index (χ1) is 18.4. The van der Waals surface area contributed by atoms with Crippen molar-refractivity contribution in [1.82, 2.24) is 10.3 Å². The smallest absolute Gasteiger partial charge is 0.252 e. The molecule has 0 bridgehead atoms. The average molecular weight is 497 g/mol. The van der Waals surface area contributed by atoms with Crippen molar-refractivity contribution in [2.45, 2.75) is 13.5 Å². The van der Waals surface area contributed by atoms with E-state index >= 15 is 0 Å². The van der Waals surface area contributed by atoms with Gasteiger partial charge in [0.1, 0.15) is 0 Å². The Bertz CT molecular complexity index is 1730. The number of primary amides is 1. The number of hydrogen-bond acceptors (Lipinski definition) is 4. The number of rotatable bonds is 6. The summed E-state index contributed by atoms with van der Waals surface area (Å²) in [5, 5.41) is 13.5. The Labute approximate surface area is 220 Å². The molecule has 0 aliphatic carbocycles. The van der Waals surface area contributed by atoms with E-state index in [1.54, 1.807) is 30.5 Å². The van der Waals surface area contributed by atoms with Crippen molar-refractivity contribution in [3.05, 3.63) is 125 Å². The molecule has 0 aliphatic heterocycles. The number of aryl methyl sites for hydroxylation is 1. The lowest BCUT2D eigenvalue weighted by molar-refractivity contribution is 0.0950. The SMILES string of the molecule is Cc1cc(-c2cccc(C#N)c2)c(C(=O)NCc2cccc3ncccc23)cc1-c1ccc(C(N)=O)cc1. The Morgan fingerprint density at radius 3 is 2.45 bits per heavy atom. The van der Waals surface area contributed by atoms with Crippen molar-refractivity contribution in [2.75, 3.05) is 0 Å². The largest absolute Gasteiger partial charge is 0.366 e. The van der Waals surface area contributed by atoms with E-state index in [0.29, 0.717) is 23.2 Å². The number of carbonyl (C=O) groups is 2. The first-order valence-corrected chi connectivity index (χ1v) is 12.1. The summed E-state index contributed by atoms with van der Waals surface area (Å²) in [5.41, 5.74) is 12.8. The minimum Gasteiger partial charge on any atom is -0.366 e. The maximum atomic E-state index is 13.7. The van der Waals surface area contributed by atoms with Crippen LogP contribution in [0.5, 0.6) is 0 Å². The molecule has 0 saturated heterocycles. The lowest BCUT2D eigenvalue weighted by atomic mass is 9.90. The minimum absolute atomic E-state index is 0.238. The van der Waals surface area contributed by atoms with Crippen molar-refractivity contribution in [3.63, 3.8) is 0 Å². The predicted molar refractivity (Wildman–Crippen MR) is 148 cm³/mol. The third-order valence-electron chi connectivity index (χ3n) is 6.57. The molecule has 4 aromatic carbocycles. The number of carbonyl (C=O) groups excluding carboxylic acids is 2. The lowest BCUT2D eigenvalue weighted by Crippen LogP contribution is -2.24. The van der Waals surface area contributed by atoms with Crippen LogP contribution in [0.2, 0.25) is 0 Å². The molecule has 0 saturated carbocycles. The van der Waals surface area contributed by atoms with E-state index in [1.807, 2.05) is 73.7 Å². The number of hydrogen-bond donors (Lipinski definition) is 2. The quantitative estimate of drug-likeness (QED) is 0.311. The zero-order chi connectivity index (χ0) is 26.6. The second kappa shape index (κ2) is 10.4. The fourth-order valence-electron chi connectivity index (χ4n) is 4.61. The maximum absolute atomic E-state index is 13.7. The molecule has 5 rings (SSSR count). The summed E-state index contributed by atoms with van der Waals surface area (Å²) >= 11 is 0. The standard InChI is InChI=1S/C32H24N4O2/c1-20-15-28(24-6-2-5-21(16-24)18-33)29(17-27(20)22-10-12-23(13-11-22)31(34)37)32(38)36-19-25-7-3-9-30-26(25)8-4-14-35-30/h2-17H,19H2,1H3,(H2,34,37)(H,36,38). The van der Waals surface area contributed by atoms with Crippen molar-refractivity contribution in [3.8, 4) is 28.3 Å². The topological polar surface area (TPSA) is 109 Å². The fraction of sp³-hybridized carbons (Fsp3) is 0.0625. The second-order valence-corrected chi connectivity index (χ2v) is 9.02. The first kappa shape index (κ1) is 24.4. The summed E-state index contributed by atoms with van der Waals surface area (Å²) < 4.78 is 0. The molecule has 0 spiro atoms. The highest BCUT2D eigenvalue weighted by molar-refractivity contribution is 6.03. The molecule has 5 aromatic rings. The van der Waals surface area contributed by atoms with Gasteiger partial charge in [-0.25, -0.2) is 0 Å². The van der Waals surface area contributed by atoms with Gasteiger partial charge in [0.05, 0.1) is 17.1 Å². The van der Waals surface area contributed by atoms with Crippen molar-refractivity contribution < 1.29 is 9.59 Å². The minimum atomic E-state index is -0.496. The third-order valence-corrected chi connectivity index (χ3v) is 6.57. The average Bonchev–Trinajstić information content (AvgIpc) is 2.95. The first-order valence-electron chi connectivity index (χ1n) is 12.1. The zero-order valence-electron chi connectivity index (χ0n) is 20.7. The van der Waals surface area contributed by atoms with Gasteiger partial charge in [-0.3, -0.25) is 14.6 Å². The summed E-state index contributed by atoms with van der Waals surface area (Å²) in [6, 6.07) is 29.9. The Hall–Kier alpha value is -5.28. The summed E-state index contributed by atoms with van der Waals surface area (Å²) in [6.45, 7) is 2.30. The third kappa shape index (κ3) is 4.86. The predicted octanol–water partition coefficient (Wildman–Crippen LogP) is 5.78. The summed E-state index contributed by atoms with van der Waals surface area (Å²) in [4.78, 5) is 29.6. The van der Waals surface area contributed by atoms with Gasteiger partial charge in [-0.15, -0.1) is 0 Å². The molecule has 6 heteroatoms. The number of nitrogens with one attached hydrogen (secondary N) is 1. The van der Waals surface area contributed by atoms with Crippen LogP contribution in [0, 0.1) is 18.3 Å². The highest BCUT2D eigenvalue weighted by Crippen LogP contribution is 2.33. The van der Waals surface area contributed by atoms with Crippen LogP contribution in [0.15, 0.2) is 97.2 Å². The molecule has 1 heterocycles. The number of fused-ring (bicyclic) bond motifs is 1. The number of benzene rings is 4. The molecular formula is C32H24N4O2. The van der Waals surface area contributed by atoms with Crippen LogP contribution in [0.3, 0.4) is 0 Å². The van der Waals surface area contributed by atoms with Crippen LogP contribution in [-0.2, 0) is 6.54 Å². The van der Waals surface area contributed by atoms with E-state index in [0.717, 1.165) is 44.3 Å². The van der Waals surface area contributed by atoms with Crippen LogP contribution in [0.1, 0.15) is 37.4 Å². The number of amides is 2. The van der Waals surface area contributed by atoms with Gasteiger partial charge in [0, 0.05) is 29.3 Å². The van der Waals surface area contributed by atoms with E-state index in [-0.39, 0.29) is 5.91 Å². The number of aromatic nitrogens is 1. The van der Waals surface area contributed by atoms with E-state index in [9.17, 15) is 14.9 Å². The molecule has 3 N–H and O–H groups in total. The van der Waals surface area contributed by atoms with Gasteiger partial charge < -0.3 is 11.1 Å². The Morgan fingerprint density at radius 2 is 1.68 bits per heavy atom. The molecule has 1 aromatic heterocycles. The molecule has 184 valence electrons. The normalized spacial score (nSPS) is 10.6. The molecule has 0 atom stereocenters. The number of nitriles is 1. The number of nitrogens with zero attached hydrogens (tertiary/aromatic N) is 2. The highest BCUT2D eigenvalue weighted by Gasteiger charge is 2.18. The van der Waals surface area contributed by atoms with Crippen molar-refractivity contribution >= 4 is 22.7 Å². The summed E-state index contributed by atoms with van der Waals surface area (Å²) in [5.74, 6) is -0.733. The second-order valence-electron chi connectivity index (χ2n) is 9.02. The lowest BCUT2D eigenvalue weighted by Gasteiger charge is -2.16. The Kier molecular flexibility index (Phi) is 6.66. The zero-order valence-corrected chi connectivity index (χ0v) is 20.7. The molecule has 2 amide bonds. The van der Waals surface area contributed by atoms with Crippen molar-refractivity contribution in [1.29, 1.82) is 5.26 Å². The fourth-order valence-corrected chi connectivity index (χ4v) is 4.61. The van der Waals surface area contributed by atoms with Gasteiger partial charge in [-0.2, -0.15) is 5.26 Å². The van der Waals surface area contributed by atoms with E-state index in [1.165, 1.54) is 0 Å². The van der Waals surface area contributed by atoms with Crippen LogP contribution in [0.25, 0.3) is 33.2 Å². The summed E-state index contributed by atoms with van der Waals surface area (Å²) in [6.07, 6.45) is 1.75. The molecule has 6 nitrogen and oxygen atoms in total. The number of nitrogens with two attached hydrogens (primary N) is 1. The maximum Gasteiger partial charge on any atom is 0.252 e.